The van der Waals surface area contributed by atoms with Gasteiger partial charge < -0.3 is 10.1 Å². The quantitative estimate of drug-likeness (QED) is 0.897. The molecule has 1 aromatic heterocycles. The van der Waals surface area contributed by atoms with Crippen molar-refractivity contribution in [3.05, 3.63) is 29.5 Å². The van der Waals surface area contributed by atoms with Crippen LogP contribution in [0, 0.1) is 13.8 Å². The first-order valence-corrected chi connectivity index (χ1v) is 6.84. The molecule has 0 fully saturated rings. The maximum Gasteiger partial charge on any atom is 0.120 e. The highest BCUT2D eigenvalue weighted by Crippen LogP contribution is 2.30. The molecule has 0 bridgehead atoms. The van der Waals surface area contributed by atoms with Crippen LogP contribution in [0.1, 0.15) is 32.0 Å². The Hall–Kier alpha value is -1.77. The van der Waals surface area contributed by atoms with E-state index in [1.807, 2.05) is 32.9 Å². The molecular weight excluding hydrogens is 236 g/mol. The fraction of sp³-hybridized carbons (Fsp3) is 0.438. The Morgan fingerprint density at radius 2 is 2.00 bits per heavy atom. The number of fused-ring (bicyclic) bond motifs is 1. The Kier molecular flexibility index (Phi) is 3.93. The topological polar surface area (TPSA) is 34.2 Å². The number of hydrogen-bond acceptors (Lipinski definition) is 3. The largest absolute Gasteiger partial charge is 0.491 e. The molecule has 3 nitrogen and oxygen atoms in total. The molecule has 0 unspecified atom stereocenters. The van der Waals surface area contributed by atoms with Gasteiger partial charge >= 0.3 is 0 Å². The highest BCUT2D eigenvalue weighted by atomic mass is 16.5. The molecule has 0 aliphatic carbocycles. The Bertz CT molecular complexity index is 591. The van der Waals surface area contributed by atoms with Crippen LogP contribution < -0.4 is 10.1 Å². The van der Waals surface area contributed by atoms with Crippen molar-refractivity contribution >= 4 is 16.6 Å². The number of hydrogen-bond donors (Lipinski definition) is 1. The summed E-state index contributed by atoms with van der Waals surface area (Å²) in [6.45, 7) is 11.2. The van der Waals surface area contributed by atoms with Crippen LogP contribution in [0.3, 0.4) is 0 Å². The molecule has 0 saturated heterocycles. The van der Waals surface area contributed by atoms with Crippen molar-refractivity contribution in [3.63, 3.8) is 0 Å². The number of pyridine rings is 1. The van der Waals surface area contributed by atoms with Crippen LogP contribution in [0.4, 0.5) is 5.69 Å². The number of ether oxygens (including phenoxy) is 1. The number of aromatic nitrogens is 1. The van der Waals surface area contributed by atoms with E-state index in [9.17, 15) is 0 Å². The molecule has 19 heavy (non-hydrogen) atoms. The molecule has 0 radical (unpaired) electrons. The van der Waals surface area contributed by atoms with Gasteiger partial charge in [0, 0.05) is 23.3 Å². The van der Waals surface area contributed by atoms with E-state index in [4.69, 9.17) is 4.74 Å². The second kappa shape index (κ2) is 5.47. The first kappa shape index (κ1) is 13.7. The van der Waals surface area contributed by atoms with E-state index in [0.717, 1.165) is 28.9 Å². The summed E-state index contributed by atoms with van der Waals surface area (Å²) >= 11 is 0. The van der Waals surface area contributed by atoms with Crippen LogP contribution >= 0.6 is 0 Å². The van der Waals surface area contributed by atoms with E-state index in [1.165, 1.54) is 11.3 Å². The molecule has 2 aromatic rings. The zero-order valence-electron chi connectivity index (χ0n) is 12.4. The van der Waals surface area contributed by atoms with Gasteiger partial charge in [0.1, 0.15) is 5.75 Å². The number of nitrogens with one attached hydrogen (secondary N) is 1. The van der Waals surface area contributed by atoms with Crippen LogP contribution in [-0.2, 0) is 0 Å². The van der Waals surface area contributed by atoms with Gasteiger partial charge in [0.05, 0.1) is 11.6 Å². The SMILES string of the molecule is CCNc1c(C)c(C)nc2ccc(OC(C)C)cc12. The maximum atomic E-state index is 5.77. The summed E-state index contributed by atoms with van der Waals surface area (Å²) in [5.41, 5.74) is 4.45. The molecule has 3 heteroatoms. The van der Waals surface area contributed by atoms with Gasteiger partial charge in [0.15, 0.2) is 0 Å². The van der Waals surface area contributed by atoms with Gasteiger partial charge in [-0.25, -0.2) is 0 Å². The molecular formula is C16H22N2O. The average Bonchev–Trinajstić information content (AvgIpc) is 2.35. The van der Waals surface area contributed by atoms with Crippen molar-refractivity contribution in [2.75, 3.05) is 11.9 Å². The summed E-state index contributed by atoms with van der Waals surface area (Å²) in [5.74, 6) is 0.895. The van der Waals surface area contributed by atoms with Crippen molar-refractivity contribution in [2.45, 2.75) is 40.7 Å². The van der Waals surface area contributed by atoms with Gasteiger partial charge in [0.25, 0.3) is 0 Å². The van der Waals surface area contributed by atoms with Crippen molar-refractivity contribution in [2.24, 2.45) is 0 Å². The normalized spacial score (nSPS) is 11.1. The van der Waals surface area contributed by atoms with E-state index >= 15 is 0 Å². The minimum atomic E-state index is 0.180. The van der Waals surface area contributed by atoms with Gasteiger partial charge in [-0.1, -0.05) is 0 Å². The molecule has 0 saturated carbocycles. The van der Waals surface area contributed by atoms with E-state index in [1.54, 1.807) is 0 Å². The molecule has 102 valence electrons. The van der Waals surface area contributed by atoms with Crippen molar-refractivity contribution in [1.82, 2.24) is 4.98 Å². The molecule has 2 rings (SSSR count). The minimum Gasteiger partial charge on any atom is -0.491 e. The lowest BCUT2D eigenvalue weighted by Crippen LogP contribution is -2.06. The Labute approximate surface area is 115 Å². The Balaban J connectivity index is 2.61. The van der Waals surface area contributed by atoms with Crippen molar-refractivity contribution in [1.29, 1.82) is 0 Å². The molecule has 0 amide bonds. The highest BCUT2D eigenvalue weighted by molar-refractivity contribution is 5.94. The van der Waals surface area contributed by atoms with Gasteiger partial charge in [-0.05, 0) is 58.4 Å². The Morgan fingerprint density at radius 3 is 2.63 bits per heavy atom. The molecule has 0 aliphatic rings. The molecule has 0 aliphatic heterocycles. The molecule has 1 N–H and O–H groups in total. The molecule has 0 atom stereocenters. The fourth-order valence-electron chi connectivity index (χ4n) is 2.21. The fourth-order valence-corrected chi connectivity index (χ4v) is 2.21. The van der Waals surface area contributed by atoms with E-state index in [2.05, 4.69) is 30.2 Å². The highest BCUT2D eigenvalue weighted by Gasteiger charge is 2.10. The summed E-state index contributed by atoms with van der Waals surface area (Å²) < 4.78 is 5.77. The van der Waals surface area contributed by atoms with E-state index in [-0.39, 0.29) is 6.10 Å². The zero-order chi connectivity index (χ0) is 14.0. The third-order valence-corrected chi connectivity index (χ3v) is 3.17. The van der Waals surface area contributed by atoms with Crippen LogP contribution in [0.25, 0.3) is 10.9 Å². The summed E-state index contributed by atoms with van der Waals surface area (Å²) in [4.78, 5) is 4.64. The number of aryl methyl sites for hydroxylation is 1. The van der Waals surface area contributed by atoms with E-state index in [0.29, 0.717) is 0 Å². The van der Waals surface area contributed by atoms with Crippen LogP contribution in [0.15, 0.2) is 18.2 Å². The van der Waals surface area contributed by atoms with Gasteiger partial charge in [-0.2, -0.15) is 0 Å². The summed E-state index contributed by atoms with van der Waals surface area (Å²) in [5, 5.41) is 4.57. The van der Waals surface area contributed by atoms with Crippen LogP contribution in [0.5, 0.6) is 5.75 Å². The summed E-state index contributed by atoms with van der Waals surface area (Å²) in [7, 11) is 0. The zero-order valence-corrected chi connectivity index (χ0v) is 12.4. The second-order valence-corrected chi connectivity index (χ2v) is 5.07. The molecule has 1 aromatic carbocycles. The van der Waals surface area contributed by atoms with Crippen molar-refractivity contribution < 1.29 is 4.74 Å². The van der Waals surface area contributed by atoms with Crippen LogP contribution in [0.2, 0.25) is 0 Å². The summed E-state index contributed by atoms with van der Waals surface area (Å²) in [6, 6.07) is 6.09. The first-order valence-electron chi connectivity index (χ1n) is 6.84. The molecule has 0 spiro atoms. The standard InChI is InChI=1S/C16H22N2O/c1-6-17-16-11(4)12(5)18-15-8-7-13(9-14(15)16)19-10(2)3/h7-10H,6H2,1-5H3,(H,17,18). The third kappa shape index (κ3) is 2.80. The lowest BCUT2D eigenvalue weighted by molar-refractivity contribution is 0.243. The number of rotatable bonds is 4. The lowest BCUT2D eigenvalue weighted by atomic mass is 10.1. The number of benzene rings is 1. The monoisotopic (exact) mass is 258 g/mol. The van der Waals surface area contributed by atoms with Crippen LogP contribution in [-0.4, -0.2) is 17.6 Å². The lowest BCUT2D eigenvalue weighted by Gasteiger charge is -2.15. The Morgan fingerprint density at radius 1 is 1.26 bits per heavy atom. The predicted octanol–water partition coefficient (Wildman–Crippen LogP) is 4.07. The smallest absolute Gasteiger partial charge is 0.120 e. The number of anilines is 1. The maximum absolute atomic E-state index is 5.77. The average molecular weight is 258 g/mol. The third-order valence-electron chi connectivity index (χ3n) is 3.17. The van der Waals surface area contributed by atoms with Gasteiger partial charge in [-0.3, -0.25) is 4.98 Å². The predicted molar refractivity (Wildman–Crippen MR) is 81.1 cm³/mol. The first-order chi connectivity index (χ1) is 9.02. The minimum absolute atomic E-state index is 0.180. The van der Waals surface area contributed by atoms with Crippen molar-refractivity contribution in [3.8, 4) is 5.75 Å². The van der Waals surface area contributed by atoms with E-state index < -0.39 is 0 Å². The molecule has 1 heterocycles. The van der Waals surface area contributed by atoms with Gasteiger partial charge in [-0.15, -0.1) is 0 Å². The number of nitrogens with zero attached hydrogens (tertiary/aromatic N) is 1. The van der Waals surface area contributed by atoms with Gasteiger partial charge in [0.2, 0.25) is 0 Å². The summed E-state index contributed by atoms with van der Waals surface area (Å²) in [6.07, 6.45) is 0.180. The second-order valence-electron chi connectivity index (χ2n) is 5.07.